The first-order chi connectivity index (χ1) is 17.0. The zero-order chi connectivity index (χ0) is 26.1. The van der Waals surface area contributed by atoms with Gasteiger partial charge in [-0.15, -0.1) is 0 Å². The molecule has 0 saturated carbocycles. The molecule has 1 atom stereocenters. The van der Waals surface area contributed by atoms with Gasteiger partial charge < -0.3 is 4.74 Å². The van der Waals surface area contributed by atoms with Crippen molar-refractivity contribution in [2.75, 3.05) is 11.8 Å². The van der Waals surface area contributed by atoms with Gasteiger partial charge in [0.15, 0.2) is 0 Å². The predicted molar refractivity (Wildman–Crippen MR) is 128 cm³/mol. The SMILES string of the molecule is COc1ccc(C2CC(c3ccc(NS(=O)(=O)c4cccc(C(F)(F)F)c4)cc3)=NN2C(C)=O)cc1. The summed E-state index contributed by atoms with van der Waals surface area (Å²) in [6.45, 7) is 1.43. The summed E-state index contributed by atoms with van der Waals surface area (Å²) in [5, 5.41) is 5.87. The van der Waals surface area contributed by atoms with E-state index in [-0.39, 0.29) is 17.6 Å². The molecule has 188 valence electrons. The summed E-state index contributed by atoms with van der Waals surface area (Å²) in [7, 11) is -2.68. The zero-order valence-electron chi connectivity index (χ0n) is 19.3. The van der Waals surface area contributed by atoms with Crippen LogP contribution in [0.1, 0.15) is 36.1 Å². The van der Waals surface area contributed by atoms with Crippen LogP contribution in [0.5, 0.6) is 5.75 Å². The second kappa shape index (κ2) is 9.65. The number of hydrogen-bond donors (Lipinski definition) is 1. The van der Waals surface area contributed by atoms with Crippen LogP contribution in [0.25, 0.3) is 0 Å². The van der Waals surface area contributed by atoms with Crippen molar-refractivity contribution in [1.82, 2.24) is 5.01 Å². The van der Waals surface area contributed by atoms with Crippen molar-refractivity contribution in [3.05, 3.63) is 89.5 Å². The van der Waals surface area contributed by atoms with Crippen LogP contribution in [0.15, 0.2) is 82.8 Å². The van der Waals surface area contributed by atoms with E-state index in [0.29, 0.717) is 29.5 Å². The number of carbonyl (C=O) groups excluding carboxylic acids is 1. The summed E-state index contributed by atoms with van der Waals surface area (Å²) >= 11 is 0. The Hall–Kier alpha value is -3.86. The molecule has 1 aliphatic heterocycles. The molecule has 0 aliphatic carbocycles. The number of hydrogen-bond acceptors (Lipinski definition) is 5. The maximum atomic E-state index is 13.0. The van der Waals surface area contributed by atoms with Crippen molar-refractivity contribution in [3.63, 3.8) is 0 Å². The molecule has 1 amide bonds. The summed E-state index contributed by atoms with van der Waals surface area (Å²) in [5.74, 6) is 0.465. The Labute approximate surface area is 206 Å². The molecule has 0 bridgehead atoms. The highest BCUT2D eigenvalue weighted by molar-refractivity contribution is 7.92. The van der Waals surface area contributed by atoms with Gasteiger partial charge in [0.2, 0.25) is 5.91 Å². The molecule has 1 aliphatic rings. The second-order valence-corrected chi connectivity index (χ2v) is 9.79. The molecule has 0 radical (unpaired) electrons. The Bertz CT molecular complexity index is 1400. The molecule has 4 rings (SSSR count). The van der Waals surface area contributed by atoms with Crippen LogP contribution in [0.3, 0.4) is 0 Å². The lowest BCUT2D eigenvalue weighted by atomic mass is 9.98. The molecule has 7 nitrogen and oxygen atoms in total. The molecule has 3 aromatic carbocycles. The second-order valence-electron chi connectivity index (χ2n) is 8.11. The largest absolute Gasteiger partial charge is 0.497 e. The first-order valence-electron chi connectivity index (χ1n) is 10.8. The highest BCUT2D eigenvalue weighted by Gasteiger charge is 2.32. The molecular formula is C25H22F3N3O4S. The standard InChI is InChI=1S/C25H22F3N3O4S/c1-16(32)31-24(18-8-12-21(35-2)13-9-18)15-23(29-31)17-6-10-20(11-7-17)30-36(33,34)22-5-3-4-19(14-22)25(26,27)28/h3-14,24,30H,15H2,1-2H3. The van der Waals surface area contributed by atoms with Gasteiger partial charge >= 0.3 is 6.18 Å². The van der Waals surface area contributed by atoms with Crippen LogP contribution in [0.4, 0.5) is 18.9 Å². The normalized spacial score (nSPS) is 16.0. The van der Waals surface area contributed by atoms with E-state index < -0.39 is 26.7 Å². The quantitative estimate of drug-likeness (QED) is 0.486. The highest BCUT2D eigenvalue weighted by Crippen LogP contribution is 2.34. The molecule has 1 N–H and O–H groups in total. The van der Waals surface area contributed by atoms with Gasteiger partial charge in [-0.25, -0.2) is 13.4 Å². The number of anilines is 1. The lowest BCUT2D eigenvalue weighted by Gasteiger charge is -2.20. The first-order valence-corrected chi connectivity index (χ1v) is 12.3. The number of methoxy groups -OCH3 is 1. The highest BCUT2D eigenvalue weighted by atomic mass is 32.2. The van der Waals surface area contributed by atoms with Gasteiger partial charge in [-0.05, 0) is 53.6 Å². The van der Waals surface area contributed by atoms with E-state index >= 15 is 0 Å². The van der Waals surface area contributed by atoms with Crippen LogP contribution >= 0.6 is 0 Å². The molecule has 0 saturated heterocycles. The lowest BCUT2D eigenvalue weighted by molar-refractivity contribution is -0.137. The van der Waals surface area contributed by atoms with Gasteiger partial charge in [-0.3, -0.25) is 9.52 Å². The topological polar surface area (TPSA) is 88.1 Å². The number of nitrogens with one attached hydrogen (secondary N) is 1. The third-order valence-electron chi connectivity index (χ3n) is 5.68. The molecule has 0 spiro atoms. The average molecular weight is 518 g/mol. The lowest BCUT2D eigenvalue weighted by Crippen LogP contribution is -2.24. The average Bonchev–Trinajstić information content (AvgIpc) is 3.30. The Kier molecular flexibility index (Phi) is 6.77. The molecule has 0 aromatic heterocycles. The number of halogens is 3. The van der Waals surface area contributed by atoms with Gasteiger partial charge in [-0.1, -0.05) is 30.3 Å². The number of hydrazone groups is 1. The smallest absolute Gasteiger partial charge is 0.416 e. The number of alkyl halides is 3. The number of sulfonamides is 1. The predicted octanol–water partition coefficient (Wildman–Crippen LogP) is 5.21. The van der Waals surface area contributed by atoms with Gasteiger partial charge in [0.1, 0.15) is 5.75 Å². The molecule has 3 aromatic rings. The summed E-state index contributed by atoms with van der Waals surface area (Å²) in [4.78, 5) is 11.7. The molecule has 1 unspecified atom stereocenters. The van der Waals surface area contributed by atoms with E-state index in [9.17, 15) is 26.4 Å². The van der Waals surface area contributed by atoms with E-state index in [0.717, 1.165) is 23.8 Å². The van der Waals surface area contributed by atoms with E-state index in [2.05, 4.69) is 9.82 Å². The van der Waals surface area contributed by atoms with Crippen LogP contribution in [-0.2, 0) is 21.0 Å². The Morgan fingerprint density at radius 2 is 1.72 bits per heavy atom. The van der Waals surface area contributed by atoms with Crippen molar-refractivity contribution in [2.45, 2.75) is 30.5 Å². The number of carbonyl (C=O) groups is 1. The number of nitrogens with zero attached hydrogens (tertiary/aromatic N) is 2. The molecular weight excluding hydrogens is 495 g/mol. The Morgan fingerprint density at radius 3 is 2.31 bits per heavy atom. The number of benzene rings is 3. The van der Waals surface area contributed by atoms with Crippen molar-refractivity contribution >= 4 is 27.3 Å². The minimum absolute atomic E-state index is 0.171. The van der Waals surface area contributed by atoms with Crippen LogP contribution in [0.2, 0.25) is 0 Å². The van der Waals surface area contributed by atoms with Gasteiger partial charge in [0.05, 0.1) is 29.3 Å². The fourth-order valence-electron chi connectivity index (χ4n) is 3.85. The van der Waals surface area contributed by atoms with Crippen molar-refractivity contribution in [2.24, 2.45) is 5.10 Å². The summed E-state index contributed by atoms with van der Waals surface area (Å²) < 4.78 is 71.6. The van der Waals surface area contributed by atoms with Crippen LogP contribution in [-0.4, -0.2) is 32.2 Å². The van der Waals surface area contributed by atoms with Crippen LogP contribution < -0.4 is 9.46 Å². The molecule has 1 heterocycles. The monoisotopic (exact) mass is 517 g/mol. The number of ether oxygens (including phenoxy) is 1. The fraction of sp³-hybridized carbons (Fsp3) is 0.200. The van der Waals surface area contributed by atoms with Gasteiger partial charge in [-0.2, -0.15) is 18.3 Å². The third-order valence-corrected chi connectivity index (χ3v) is 7.05. The summed E-state index contributed by atoms with van der Waals surface area (Å²) in [5.41, 5.74) is 1.32. The van der Waals surface area contributed by atoms with E-state index in [4.69, 9.17) is 4.74 Å². The molecule has 36 heavy (non-hydrogen) atoms. The summed E-state index contributed by atoms with van der Waals surface area (Å²) in [6, 6.07) is 16.8. The first kappa shape index (κ1) is 25.2. The maximum Gasteiger partial charge on any atom is 0.416 e. The summed E-state index contributed by atoms with van der Waals surface area (Å²) in [6.07, 6.45) is -4.21. The third kappa shape index (κ3) is 5.35. The Morgan fingerprint density at radius 1 is 1.06 bits per heavy atom. The van der Waals surface area contributed by atoms with E-state index in [1.54, 1.807) is 31.4 Å². The number of rotatable bonds is 6. The van der Waals surface area contributed by atoms with Gasteiger partial charge in [0.25, 0.3) is 10.0 Å². The van der Waals surface area contributed by atoms with E-state index in [1.807, 2.05) is 12.1 Å². The molecule has 11 heteroatoms. The maximum absolute atomic E-state index is 13.0. The van der Waals surface area contributed by atoms with Crippen molar-refractivity contribution in [1.29, 1.82) is 0 Å². The number of amides is 1. The zero-order valence-corrected chi connectivity index (χ0v) is 20.1. The van der Waals surface area contributed by atoms with Crippen molar-refractivity contribution in [3.8, 4) is 5.75 Å². The molecule has 0 fully saturated rings. The fourth-order valence-corrected chi connectivity index (χ4v) is 4.95. The Balaban J connectivity index is 1.53. The van der Waals surface area contributed by atoms with E-state index in [1.165, 1.54) is 24.1 Å². The minimum Gasteiger partial charge on any atom is -0.497 e. The minimum atomic E-state index is -4.66. The van der Waals surface area contributed by atoms with Gasteiger partial charge in [0, 0.05) is 19.0 Å². The van der Waals surface area contributed by atoms with Crippen LogP contribution in [0, 0.1) is 0 Å². The van der Waals surface area contributed by atoms with Crippen molar-refractivity contribution < 1.29 is 31.1 Å².